The van der Waals surface area contributed by atoms with E-state index in [0.717, 1.165) is 45.0 Å². The van der Waals surface area contributed by atoms with Crippen LogP contribution in [0, 0.1) is 0 Å². The zero-order valence-corrected chi connectivity index (χ0v) is 15.8. The lowest BCUT2D eigenvalue weighted by atomic mass is 10.0. The van der Waals surface area contributed by atoms with Crippen molar-refractivity contribution in [3.05, 3.63) is 35.9 Å². The first-order valence-electron chi connectivity index (χ1n) is 9.80. The average molecular weight is 377 g/mol. The van der Waals surface area contributed by atoms with Gasteiger partial charge in [-0.2, -0.15) is 0 Å². The smallest absolute Gasteiger partial charge is 0.223 e. The second kappa shape index (κ2) is 9.61. The van der Waals surface area contributed by atoms with Gasteiger partial charge in [0.2, 0.25) is 5.91 Å². The third-order valence-corrected chi connectivity index (χ3v) is 5.44. The molecule has 7 heteroatoms. The Morgan fingerprint density at radius 2 is 2.00 bits per heavy atom. The van der Waals surface area contributed by atoms with Crippen molar-refractivity contribution in [1.82, 2.24) is 15.1 Å². The van der Waals surface area contributed by atoms with Crippen LogP contribution in [0.2, 0.25) is 0 Å². The maximum Gasteiger partial charge on any atom is 0.223 e. The summed E-state index contributed by atoms with van der Waals surface area (Å²) in [5.74, 6) is -0.0258. The van der Waals surface area contributed by atoms with E-state index < -0.39 is 11.7 Å². The van der Waals surface area contributed by atoms with Crippen LogP contribution in [0.15, 0.2) is 30.3 Å². The van der Waals surface area contributed by atoms with Gasteiger partial charge < -0.3 is 25.2 Å². The summed E-state index contributed by atoms with van der Waals surface area (Å²) in [4.78, 5) is 16.3. The van der Waals surface area contributed by atoms with E-state index in [1.54, 1.807) is 4.90 Å². The summed E-state index contributed by atoms with van der Waals surface area (Å²) in [6.07, 6.45) is 0.133. The van der Waals surface area contributed by atoms with Gasteiger partial charge in [-0.3, -0.25) is 9.69 Å². The summed E-state index contributed by atoms with van der Waals surface area (Å²) in [6, 6.07) is 9.87. The van der Waals surface area contributed by atoms with Crippen LogP contribution in [-0.2, 0) is 16.0 Å². The Morgan fingerprint density at radius 3 is 2.74 bits per heavy atom. The molecular formula is C20H31N3O4. The molecule has 150 valence electrons. The zero-order chi connectivity index (χ0) is 19.1. The Bertz CT molecular complexity index is 594. The predicted octanol–water partition coefficient (Wildman–Crippen LogP) is -0.525. The Balaban J connectivity index is 1.39. The molecule has 0 radical (unpaired) electrons. The van der Waals surface area contributed by atoms with Crippen molar-refractivity contribution >= 4 is 5.91 Å². The molecular weight excluding hydrogens is 346 g/mol. The van der Waals surface area contributed by atoms with Crippen LogP contribution >= 0.6 is 0 Å². The number of β-amino-alcohol motifs (C(OH)–C–C–N with tert-alkyl or cyclic N) is 2. The molecule has 2 fully saturated rings. The molecule has 2 atom stereocenters. The lowest BCUT2D eigenvalue weighted by Gasteiger charge is -2.29. The number of rotatable bonds is 8. The number of likely N-dealkylation sites (tertiary alicyclic amines) is 1. The van der Waals surface area contributed by atoms with Gasteiger partial charge in [-0.15, -0.1) is 0 Å². The minimum Gasteiger partial charge on any atom is -0.388 e. The van der Waals surface area contributed by atoms with Crippen LogP contribution in [0.5, 0.6) is 0 Å². The number of nitrogens with one attached hydrogen (secondary N) is 1. The Labute approximate surface area is 160 Å². The largest absolute Gasteiger partial charge is 0.388 e. The maximum absolute atomic E-state index is 12.5. The first kappa shape index (κ1) is 20.2. The topological polar surface area (TPSA) is 85.3 Å². The van der Waals surface area contributed by atoms with Gasteiger partial charge in [0.05, 0.1) is 19.8 Å². The molecule has 0 aliphatic carbocycles. The summed E-state index contributed by atoms with van der Waals surface area (Å²) in [5.41, 5.74) is -0.168. The average Bonchev–Trinajstić information content (AvgIpc) is 3.00. The number of amides is 1. The van der Waals surface area contributed by atoms with Crippen molar-refractivity contribution in [2.24, 2.45) is 0 Å². The molecule has 0 aromatic heterocycles. The molecule has 1 aromatic carbocycles. The molecule has 3 N–H and O–H groups in total. The number of carbonyl (C=O) groups is 1. The molecule has 2 aliphatic heterocycles. The molecule has 0 saturated carbocycles. The number of nitrogens with zero attached hydrogens (tertiary/aromatic N) is 2. The number of aliphatic hydroxyl groups is 2. The highest BCUT2D eigenvalue weighted by Gasteiger charge is 2.45. The minimum atomic E-state index is -1.28. The molecule has 27 heavy (non-hydrogen) atoms. The van der Waals surface area contributed by atoms with Crippen molar-refractivity contribution in [2.75, 3.05) is 59.0 Å². The molecule has 1 amide bonds. The number of aryl methyl sites for hydroxylation is 1. The normalized spacial score (nSPS) is 26.4. The first-order valence-corrected chi connectivity index (χ1v) is 9.80. The second-order valence-corrected chi connectivity index (χ2v) is 7.51. The lowest BCUT2D eigenvalue weighted by molar-refractivity contribution is -0.131. The number of hydrogen-bond acceptors (Lipinski definition) is 6. The SMILES string of the molecule is O=C(CCc1ccccc1)N1C[C@@H](O)[C@](O)(CNCCN2CCOCC2)C1. The van der Waals surface area contributed by atoms with E-state index >= 15 is 0 Å². The summed E-state index contributed by atoms with van der Waals surface area (Å²) < 4.78 is 5.33. The first-order chi connectivity index (χ1) is 13.1. The highest BCUT2D eigenvalue weighted by molar-refractivity contribution is 5.77. The monoisotopic (exact) mass is 377 g/mol. The third kappa shape index (κ3) is 5.73. The number of carbonyl (C=O) groups excluding carboxylic acids is 1. The van der Waals surface area contributed by atoms with E-state index in [9.17, 15) is 15.0 Å². The van der Waals surface area contributed by atoms with Crippen LogP contribution in [0.25, 0.3) is 0 Å². The van der Waals surface area contributed by atoms with Crippen LogP contribution < -0.4 is 5.32 Å². The van der Waals surface area contributed by atoms with Crippen LogP contribution in [0.4, 0.5) is 0 Å². The summed E-state index contributed by atoms with van der Waals surface area (Å²) in [5, 5.41) is 24.3. The fourth-order valence-corrected chi connectivity index (χ4v) is 3.66. The van der Waals surface area contributed by atoms with E-state index in [4.69, 9.17) is 4.74 Å². The fourth-order valence-electron chi connectivity index (χ4n) is 3.66. The van der Waals surface area contributed by atoms with E-state index in [-0.39, 0.29) is 25.5 Å². The number of ether oxygens (including phenoxy) is 1. The van der Waals surface area contributed by atoms with Crippen molar-refractivity contribution in [2.45, 2.75) is 24.5 Å². The fraction of sp³-hybridized carbons (Fsp3) is 0.650. The van der Waals surface area contributed by atoms with Crippen molar-refractivity contribution in [3.63, 3.8) is 0 Å². The molecule has 0 bridgehead atoms. The van der Waals surface area contributed by atoms with Gasteiger partial charge in [-0.1, -0.05) is 30.3 Å². The van der Waals surface area contributed by atoms with E-state index in [1.807, 2.05) is 30.3 Å². The maximum atomic E-state index is 12.5. The van der Waals surface area contributed by atoms with Crippen molar-refractivity contribution in [3.8, 4) is 0 Å². The number of morpholine rings is 1. The van der Waals surface area contributed by atoms with Crippen molar-refractivity contribution < 1.29 is 19.7 Å². The minimum absolute atomic E-state index is 0.0258. The number of hydrogen-bond donors (Lipinski definition) is 3. The molecule has 2 saturated heterocycles. The predicted molar refractivity (Wildman–Crippen MR) is 102 cm³/mol. The Morgan fingerprint density at radius 1 is 1.26 bits per heavy atom. The van der Waals surface area contributed by atoms with Gasteiger partial charge in [0.25, 0.3) is 0 Å². The second-order valence-electron chi connectivity index (χ2n) is 7.51. The van der Waals surface area contributed by atoms with Gasteiger partial charge in [0.1, 0.15) is 11.7 Å². The van der Waals surface area contributed by atoms with E-state index in [0.29, 0.717) is 12.8 Å². The van der Waals surface area contributed by atoms with Gasteiger partial charge in [0, 0.05) is 45.7 Å². The zero-order valence-electron chi connectivity index (χ0n) is 15.8. The summed E-state index contributed by atoms with van der Waals surface area (Å²) in [6.45, 7) is 5.65. The van der Waals surface area contributed by atoms with Crippen LogP contribution in [-0.4, -0.2) is 96.7 Å². The quantitative estimate of drug-likeness (QED) is 0.529. The molecule has 7 nitrogen and oxygen atoms in total. The third-order valence-electron chi connectivity index (χ3n) is 5.44. The highest BCUT2D eigenvalue weighted by atomic mass is 16.5. The van der Waals surface area contributed by atoms with Crippen molar-refractivity contribution in [1.29, 1.82) is 0 Å². The highest BCUT2D eigenvalue weighted by Crippen LogP contribution is 2.22. The van der Waals surface area contributed by atoms with E-state index in [2.05, 4.69) is 10.2 Å². The van der Waals surface area contributed by atoms with Gasteiger partial charge in [-0.25, -0.2) is 0 Å². The number of aliphatic hydroxyl groups excluding tert-OH is 1. The lowest BCUT2D eigenvalue weighted by Crippen LogP contribution is -2.51. The molecule has 3 rings (SSSR count). The Hall–Kier alpha value is -1.51. The summed E-state index contributed by atoms with van der Waals surface area (Å²) >= 11 is 0. The van der Waals surface area contributed by atoms with Crippen LogP contribution in [0.1, 0.15) is 12.0 Å². The van der Waals surface area contributed by atoms with Gasteiger partial charge in [0.15, 0.2) is 0 Å². The molecule has 2 heterocycles. The molecule has 2 aliphatic rings. The van der Waals surface area contributed by atoms with Crippen LogP contribution in [0.3, 0.4) is 0 Å². The molecule has 0 unspecified atom stereocenters. The van der Waals surface area contributed by atoms with Gasteiger partial charge in [-0.05, 0) is 12.0 Å². The van der Waals surface area contributed by atoms with E-state index in [1.165, 1.54) is 0 Å². The Kier molecular flexibility index (Phi) is 7.20. The summed E-state index contributed by atoms with van der Waals surface area (Å²) in [7, 11) is 0. The number of benzene rings is 1. The molecule has 0 spiro atoms. The molecule has 1 aromatic rings. The standard InChI is InChI=1S/C20H31N3O4/c24-18-14-23(19(25)7-6-17-4-2-1-3-5-17)16-20(18,26)15-21-8-9-22-10-12-27-13-11-22/h1-5,18,21,24,26H,6-16H2/t18-,20+/m1/s1. The van der Waals surface area contributed by atoms with Gasteiger partial charge >= 0.3 is 0 Å².